The van der Waals surface area contributed by atoms with Crippen molar-refractivity contribution in [3.63, 3.8) is 0 Å². The minimum atomic E-state index is -0.935. The molecular formula is C22H29N3O2S2. The van der Waals surface area contributed by atoms with Gasteiger partial charge in [-0.3, -0.25) is 9.78 Å². The number of rotatable bonds is 9. The Balaban J connectivity index is 1.98. The minimum absolute atomic E-state index is 0.168. The van der Waals surface area contributed by atoms with Crippen LogP contribution >= 0.6 is 25.3 Å². The third-order valence-electron chi connectivity index (χ3n) is 4.89. The molecule has 1 unspecified atom stereocenters. The van der Waals surface area contributed by atoms with E-state index in [4.69, 9.17) is 0 Å². The van der Waals surface area contributed by atoms with Crippen LogP contribution in [-0.4, -0.2) is 59.3 Å². The Labute approximate surface area is 184 Å². The Kier molecular flexibility index (Phi) is 8.61. The van der Waals surface area contributed by atoms with Gasteiger partial charge in [-0.1, -0.05) is 24.3 Å². The lowest BCUT2D eigenvalue weighted by Crippen LogP contribution is -2.50. The molecule has 2 aromatic rings. The molecule has 29 heavy (non-hydrogen) atoms. The number of aliphatic hydroxyl groups is 1. The summed E-state index contributed by atoms with van der Waals surface area (Å²) in [6.07, 6.45) is 4.79. The van der Waals surface area contributed by atoms with E-state index in [2.05, 4.69) is 30.2 Å². The van der Waals surface area contributed by atoms with Crippen LogP contribution in [0.25, 0.3) is 12.2 Å². The highest BCUT2D eigenvalue weighted by Crippen LogP contribution is 2.24. The average molecular weight is 432 g/mol. The van der Waals surface area contributed by atoms with Crippen LogP contribution in [0.5, 0.6) is 0 Å². The molecule has 1 aromatic carbocycles. The van der Waals surface area contributed by atoms with Crippen LogP contribution in [0.1, 0.15) is 18.2 Å². The molecular weight excluding hydrogens is 402 g/mol. The molecule has 1 N–H and O–H groups in total. The molecule has 1 aromatic heterocycles. The number of carbonyl (C=O) groups is 1. The maximum Gasteiger partial charge on any atom is 0.231 e. The zero-order valence-corrected chi connectivity index (χ0v) is 18.9. The van der Waals surface area contributed by atoms with E-state index >= 15 is 0 Å². The number of thiol groups is 2. The maximum absolute atomic E-state index is 12.7. The van der Waals surface area contributed by atoms with Crippen molar-refractivity contribution in [2.45, 2.75) is 13.2 Å². The molecule has 1 atom stereocenters. The van der Waals surface area contributed by atoms with E-state index in [1.165, 1.54) is 4.90 Å². The number of hydrogen-bond acceptors (Lipinski definition) is 6. The number of anilines is 1. The average Bonchev–Trinajstić information content (AvgIpc) is 2.77. The van der Waals surface area contributed by atoms with Crippen LogP contribution in [0.4, 0.5) is 5.69 Å². The molecule has 0 spiro atoms. The second-order valence-corrected chi connectivity index (χ2v) is 7.97. The summed E-state index contributed by atoms with van der Waals surface area (Å²) in [7, 11) is 3.49. The number of aromatic nitrogens is 1. The van der Waals surface area contributed by atoms with Crippen LogP contribution in [0.15, 0.2) is 48.7 Å². The molecule has 0 bridgehead atoms. The van der Waals surface area contributed by atoms with Crippen LogP contribution in [0, 0.1) is 5.41 Å². The molecule has 0 saturated heterocycles. The first-order chi connectivity index (χ1) is 13.8. The highest BCUT2D eigenvalue weighted by atomic mass is 32.1. The molecule has 0 aliphatic rings. The van der Waals surface area contributed by atoms with Gasteiger partial charge in [-0.15, -0.1) is 0 Å². The van der Waals surface area contributed by atoms with E-state index in [0.29, 0.717) is 18.1 Å². The summed E-state index contributed by atoms with van der Waals surface area (Å²) in [6.45, 7) is 2.10. The van der Waals surface area contributed by atoms with E-state index in [9.17, 15) is 9.90 Å². The predicted octanol–water partition coefficient (Wildman–Crippen LogP) is 3.33. The largest absolute Gasteiger partial charge is 0.372 e. The van der Waals surface area contributed by atoms with E-state index in [1.807, 2.05) is 66.6 Å². The van der Waals surface area contributed by atoms with Gasteiger partial charge in [0, 0.05) is 37.5 Å². The summed E-state index contributed by atoms with van der Waals surface area (Å²) in [5.41, 5.74) is 2.20. The number of nitrogens with zero attached hydrogens (tertiary/aromatic N) is 3. The minimum Gasteiger partial charge on any atom is -0.372 e. The van der Waals surface area contributed by atoms with E-state index in [-0.39, 0.29) is 5.91 Å². The predicted molar refractivity (Wildman–Crippen MR) is 127 cm³/mol. The van der Waals surface area contributed by atoms with Gasteiger partial charge in [0.15, 0.2) is 0 Å². The lowest BCUT2D eigenvalue weighted by atomic mass is 9.94. The quantitative estimate of drug-likeness (QED) is 0.421. The second-order valence-electron chi connectivity index (χ2n) is 7.33. The highest BCUT2D eigenvalue weighted by Gasteiger charge is 2.35. The third-order valence-corrected chi connectivity index (χ3v) is 6.28. The molecule has 0 radical (unpaired) electrons. The number of pyridine rings is 1. The van der Waals surface area contributed by atoms with Crippen LogP contribution in [0.2, 0.25) is 0 Å². The first kappa shape index (κ1) is 23.3. The first-order valence-corrected chi connectivity index (χ1v) is 10.6. The SMILES string of the molecule is CN(CC(O)N(C)C(=O)C(C)(CS)CS)c1ccc(C=Cc2ccccn2)cc1. The number of amides is 1. The maximum atomic E-state index is 12.7. The molecule has 1 heterocycles. The fraction of sp³-hybridized carbons (Fsp3) is 0.364. The standard InChI is InChI=1S/C22H29N3O2S2/c1-22(15-28,16-29)21(27)25(3)20(26)14-24(2)19-11-8-17(9-12-19)7-10-18-6-4-5-13-23-18/h4-13,20,26,28-29H,14-16H2,1-3H3. The van der Waals surface area contributed by atoms with Gasteiger partial charge in [0.25, 0.3) is 0 Å². The van der Waals surface area contributed by atoms with Gasteiger partial charge in [-0.25, -0.2) is 0 Å². The van der Waals surface area contributed by atoms with Gasteiger partial charge in [-0.2, -0.15) is 25.3 Å². The van der Waals surface area contributed by atoms with Gasteiger partial charge in [0.2, 0.25) is 5.91 Å². The summed E-state index contributed by atoms with van der Waals surface area (Å²) >= 11 is 8.53. The van der Waals surface area contributed by atoms with Crippen molar-refractivity contribution in [3.05, 3.63) is 59.9 Å². The summed E-state index contributed by atoms with van der Waals surface area (Å²) in [4.78, 5) is 20.2. The zero-order chi connectivity index (χ0) is 21.4. The summed E-state index contributed by atoms with van der Waals surface area (Å²) in [6, 6.07) is 13.8. The second kappa shape index (κ2) is 10.7. The van der Waals surface area contributed by atoms with Gasteiger partial charge in [0.1, 0.15) is 6.23 Å². The number of benzene rings is 1. The number of carbonyl (C=O) groups excluding carboxylic acids is 1. The smallest absolute Gasteiger partial charge is 0.231 e. The van der Waals surface area contributed by atoms with E-state index < -0.39 is 11.6 Å². The van der Waals surface area contributed by atoms with Crippen molar-refractivity contribution in [2.24, 2.45) is 5.41 Å². The Bertz CT molecular complexity index is 809. The van der Waals surface area contributed by atoms with Crippen molar-refractivity contribution >= 4 is 49.0 Å². The van der Waals surface area contributed by atoms with Crippen LogP contribution < -0.4 is 4.90 Å². The molecule has 0 aliphatic carbocycles. The van der Waals surface area contributed by atoms with Gasteiger partial charge in [-0.05, 0) is 42.8 Å². The number of hydrogen-bond donors (Lipinski definition) is 3. The lowest BCUT2D eigenvalue weighted by Gasteiger charge is -2.34. The molecule has 0 aliphatic heterocycles. The van der Waals surface area contributed by atoms with E-state index in [1.54, 1.807) is 20.2 Å². The Morgan fingerprint density at radius 2 is 1.79 bits per heavy atom. The van der Waals surface area contributed by atoms with Crippen molar-refractivity contribution < 1.29 is 9.90 Å². The normalized spacial score (nSPS) is 12.8. The highest BCUT2D eigenvalue weighted by molar-refractivity contribution is 7.81. The molecule has 0 saturated carbocycles. The molecule has 1 amide bonds. The van der Waals surface area contributed by atoms with Gasteiger partial charge in [0.05, 0.1) is 17.7 Å². The molecule has 156 valence electrons. The summed E-state index contributed by atoms with van der Waals surface area (Å²) in [5, 5.41) is 10.5. The van der Waals surface area contributed by atoms with Crippen molar-refractivity contribution in [2.75, 3.05) is 37.0 Å². The van der Waals surface area contributed by atoms with Crippen molar-refractivity contribution in [1.29, 1.82) is 0 Å². The molecule has 5 nitrogen and oxygen atoms in total. The van der Waals surface area contributed by atoms with Gasteiger partial charge >= 0.3 is 0 Å². The molecule has 0 fully saturated rings. The Morgan fingerprint density at radius 1 is 1.14 bits per heavy atom. The van der Waals surface area contributed by atoms with Crippen molar-refractivity contribution in [1.82, 2.24) is 9.88 Å². The van der Waals surface area contributed by atoms with Crippen molar-refractivity contribution in [3.8, 4) is 0 Å². The lowest BCUT2D eigenvalue weighted by molar-refractivity contribution is -0.146. The van der Waals surface area contributed by atoms with E-state index in [0.717, 1.165) is 16.9 Å². The Hall–Kier alpha value is -1.96. The topological polar surface area (TPSA) is 56.7 Å². The zero-order valence-electron chi connectivity index (χ0n) is 17.1. The first-order valence-electron chi connectivity index (χ1n) is 9.38. The molecule has 7 heteroatoms. The fourth-order valence-electron chi connectivity index (χ4n) is 2.72. The monoisotopic (exact) mass is 431 g/mol. The molecule has 2 rings (SSSR count). The van der Waals surface area contributed by atoms with Crippen LogP contribution in [-0.2, 0) is 4.79 Å². The summed E-state index contributed by atoms with van der Waals surface area (Å²) < 4.78 is 0. The number of aliphatic hydroxyl groups excluding tert-OH is 1. The Morgan fingerprint density at radius 3 is 2.34 bits per heavy atom. The third kappa shape index (κ3) is 6.26. The number of likely N-dealkylation sites (N-methyl/N-ethyl adjacent to an activating group) is 2. The van der Waals surface area contributed by atoms with Gasteiger partial charge < -0.3 is 14.9 Å². The fourth-order valence-corrected chi connectivity index (χ4v) is 3.39. The summed E-state index contributed by atoms with van der Waals surface area (Å²) in [5.74, 6) is 0.573. The van der Waals surface area contributed by atoms with Crippen LogP contribution in [0.3, 0.4) is 0 Å².